The van der Waals surface area contributed by atoms with Crippen molar-refractivity contribution >= 4 is 19.6 Å². The maximum Gasteiger partial charge on any atom is 0.376 e. The summed E-state index contributed by atoms with van der Waals surface area (Å²) >= 11 is 0. The zero-order valence-corrected chi connectivity index (χ0v) is 29.3. The molecule has 0 bridgehead atoms. The molecule has 1 aromatic heterocycles. The van der Waals surface area contributed by atoms with Crippen LogP contribution in [-0.2, 0) is 23.1 Å². The molecule has 4 rings (SSSR count). The first-order valence-electron chi connectivity index (χ1n) is 16.8. The minimum absolute atomic E-state index is 0.147. The van der Waals surface area contributed by atoms with Gasteiger partial charge in [-0.25, -0.2) is 4.79 Å². The minimum Gasteiger partial charge on any atom is -0.497 e. The summed E-state index contributed by atoms with van der Waals surface area (Å²) < 4.78 is 40.2. The number of carbonyl (C=O) groups excluding carboxylic acids is 1. The van der Waals surface area contributed by atoms with Gasteiger partial charge in [-0.2, -0.15) is 5.26 Å². The summed E-state index contributed by atoms with van der Waals surface area (Å²) in [5.74, 6) is 0.389. The molecular weight excluding hydrogens is 599 g/mol. The molecule has 9 heteroatoms. The highest BCUT2D eigenvalue weighted by molar-refractivity contribution is 7.54. The van der Waals surface area contributed by atoms with E-state index in [1.54, 1.807) is 49.7 Å². The normalized spacial score (nSPS) is 27.4. The minimum atomic E-state index is -4.21. The van der Waals surface area contributed by atoms with Crippen molar-refractivity contribution < 1.29 is 27.9 Å². The lowest BCUT2D eigenvalue weighted by Crippen LogP contribution is -2.35. The number of nitrogens with zero attached hydrogens (tertiary/aromatic N) is 2. The van der Waals surface area contributed by atoms with Gasteiger partial charge < -0.3 is 18.5 Å². The summed E-state index contributed by atoms with van der Waals surface area (Å²) in [7, 11) is -2.64. The summed E-state index contributed by atoms with van der Waals surface area (Å²) in [6, 6.07) is 12.4. The van der Waals surface area contributed by atoms with Crippen molar-refractivity contribution in [3.05, 3.63) is 65.5 Å². The van der Waals surface area contributed by atoms with Crippen molar-refractivity contribution in [1.29, 1.82) is 5.26 Å². The summed E-state index contributed by atoms with van der Waals surface area (Å²) in [5.41, 5.74) is 0.783. The van der Waals surface area contributed by atoms with Crippen LogP contribution in [0.3, 0.4) is 0 Å². The molecule has 0 spiro atoms. The average molecular weight is 651 g/mol. The maximum absolute atomic E-state index is 15.5. The number of ether oxygens (including phenoxy) is 2. The van der Waals surface area contributed by atoms with Crippen molar-refractivity contribution in [1.82, 2.24) is 4.98 Å². The lowest BCUT2D eigenvalue weighted by molar-refractivity contribution is -0.142. The number of methoxy groups -OCH3 is 1. The molecule has 7 atom stereocenters. The molecule has 7 unspecified atom stereocenters. The van der Waals surface area contributed by atoms with Crippen LogP contribution in [-0.4, -0.2) is 30.3 Å². The van der Waals surface area contributed by atoms with Crippen molar-refractivity contribution in [2.75, 3.05) is 7.11 Å². The number of pyridine rings is 1. The fourth-order valence-electron chi connectivity index (χ4n) is 6.65. The topological polar surface area (TPSA) is 108 Å². The SMILES string of the molecule is COc1ccc(/C=C(\C#N)C(=O)OC(c2cccnc2)P(=O)(OC2CC(C(C)C)CCC2C)OC2CC(C(C)C)CCC2C)cc1. The summed E-state index contributed by atoms with van der Waals surface area (Å²) in [5, 5.41) is 10.0. The Labute approximate surface area is 275 Å². The van der Waals surface area contributed by atoms with Gasteiger partial charge in [0.05, 0.1) is 19.3 Å². The number of carbonyl (C=O) groups is 1. The lowest BCUT2D eigenvalue weighted by Gasteiger charge is -2.42. The van der Waals surface area contributed by atoms with Crippen LogP contribution in [0.2, 0.25) is 0 Å². The van der Waals surface area contributed by atoms with Gasteiger partial charge in [-0.05, 0) is 104 Å². The van der Waals surface area contributed by atoms with E-state index < -0.39 is 19.4 Å². The molecule has 2 fully saturated rings. The van der Waals surface area contributed by atoms with Gasteiger partial charge in [0.1, 0.15) is 17.4 Å². The van der Waals surface area contributed by atoms with Gasteiger partial charge in [-0.3, -0.25) is 9.55 Å². The molecule has 0 aliphatic heterocycles. The second-order valence-electron chi connectivity index (χ2n) is 13.9. The van der Waals surface area contributed by atoms with Crippen LogP contribution in [0.4, 0.5) is 0 Å². The lowest BCUT2D eigenvalue weighted by atomic mass is 9.76. The van der Waals surface area contributed by atoms with E-state index in [2.05, 4.69) is 46.5 Å². The molecule has 2 aromatic rings. The van der Waals surface area contributed by atoms with Crippen molar-refractivity contribution in [2.45, 2.75) is 98.1 Å². The third-order valence-corrected chi connectivity index (χ3v) is 12.1. The van der Waals surface area contributed by atoms with Gasteiger partial charge >= 0.3 is 13.6 Å². The Bertz CT molecular complexity index is 1370. The molecule has 2 aliphatic rings. The van der Waals surface area contributed by atoms with Gasteiger partial charge in [0, 0.05) is 18.0 Å². The van der Waals surface area contributed by atoms with E-state index >= 15 is 4.57 Å². The van der Waals surface area contributed by atoms with E-state index in [1.807, 2.05) is 6.07 Å². The quantitative estimate of drug-likeness (QED) is 0.0968. The first-order chi connectivity index (χ1) is 21.9. The van der Waals surface area contributed by atoms with E-state index in [9.17, 15) is 10.1 Å². The van der Waals surface area contributed by atoms with E-state index in [1.165, 1.54) is 12.3 Å². The molecule has 1 heterocycles. The highest BCUT2D eigenvalue weighted by Gasteiger charge is 2.48. The molecule has 0 radical (unpaired) electrons. The molecule has 2 aliphatic carbocycles. The summed E-state index contributed by atoms with van der Waals surface area (Å²) in [6.45, 7) is 13.1. The monoisotopic (exact) mass is 650 g/mol. The number of benzene rings is 1. The largest absolute Gasteiger partial charge is 0.497 e. The van der Waals surface area contributed by atoms with E-state index in [0.29, 0.717) is 40.5 Å². The van der Waals surface area contributed by atoms with Gasteiger partial charge in [0.25, 0.3) is 0 Å². The maximum atomic E-state index is 15.5. The second kappa shape index (κ2) is 16.2. The van der Waals surface area contributed by atoms with Crippen LogP contribution in [0.1, 0.15) is 97.0 Å². The standard InChI is InChI=1S/C37H51N2O6P/c1-24(2)29-14-10-26(5)34(20-29)44-46(41,45-35-21-30(25(3)4)15-11-27(35)6)37(31-9-8-18-39-23-31)43-36(40)32(22-38)19-28-12-16-33(42-7)17-13-28/h8-9,12-13,16-19,23-27,29-30,34-35,37H,10-11,14-15,20-21H2,1-7H3/b32-19+. The predicted molar refractivity (Wildman–Crippen MR) is 180 cm³/mol. The summed E-state index contributed by atoms with van der Waals surface area (Å²) in [4.78, 5) is 18.0. The zero-order chi connectivity index (χ0) is 33.4. The first kappa shape index (κ1) is 35.9. The van der Waals surface area contributed by atoms with Crippen molar-refractivity contribution in [3.8, 4) is 11.8 Å². The molecule has 46 heavy (non-hydrogen) atoms. The van der Waals surface area contributed by atoms with E-state index in [-0.39, 0.29) is 29.6 Å². The van der Waals surface area contributed by atoms with Crippen LogP contribution < -0.4 is 4.74 Å². The van der Waals surface area contributed by atoms with Crippen molar-refractivity contribution in [3.63, 3.8) is 0 Å². The van der Waals surface area contributed by atoms with Gasteiger partial charge in [-0.15, -0.1) is 0 Å². The third kappa shape index (κ3) is 9.09. The van der Waals surface area contributed by atoms with Gasteiger partial charge in [0.15, 0.2) is 0 Å². The number of aromatic nitrogens is 1. The van der Waals surface area contributed by atoms with E-state index in [0.717, 1.165) is 38.5 Å². The van der Waals surface area contributed by atoms with Crippen LogP contribution in [0.25, 0.3) is 6.08 Å². The van der Waals surface area contributed by atoms with Crippen LogP contribution >= 0.6 is 7.60 Å². The Hall–Kier alpha value is -2.98. The predicted octanol–water partition coefficient (Wildman–Crippen LogP) is 9.39. The average Bonchev–Trinajstić information content (AvgIpc) is 3.04. The fourth-order valence-corrected chi connectivity index (χ4v) is 9.00. The Balaban J connectivity index is 1.74. The van der Waals surface area contributed by atoms with Crippen LogP contribution in [0.5, 0.6) is 5.75 Å². The van der Waals surface area contributed by atoms with Crippen molar-refractivity contribution in [2.24, 2.45) is 35.5 Å². The zero-order valence-electron chi connectivity index (χ0n) is 28.4. The van der Waals surface area contributed by atoms with Crippen LogP contribution in [0.15, 0.2) is 54.4 Å². The Kier molecular flexibility index (Phi) is 12.6. The Morgan fingerprint density at radius 3 is 1.96 bits per heavy atom. The molecule has 0 amide bonds. The first-order valence-corrected chi connectivity index (χ1v) is 18.4. The molecule has 0 N–H and O–H groups in total. The highest BCUT2D eigenvalue weighted by Crippen LogP contribution is 2.65. The number of hydrogen-bond acceptors (Lipinski definition) is 8. The molecular formula is C37H51N2O6P. The highest BCUT2D eigenvalue weighted by atomic mass is 31.2. The van der Waals surface area contributed by atoms with E-state index in [4.69, 9.17) is 18.5 Å². The molecule has 250 valence electrons. The Morgan fingerprint density at radius 1 is 0.935 bits per heavy atom. The Morgan fingerprint density at radius 2 is 1.50 bits per heavy atom. The molecule has 8 nitrogen and oxygen atoms in total. The van der Waals surface area contributed by atoms with Crippen LogP contribution in [0, 0.1) is 46.8 Å². The summed E-state index contributed by atoms with van der Waals surface area (Å²) in [6.07, 6.45) is 9.46. The number of nitriles is 1. The third-order valence-electron chi connectivity index (χ3n) is 10.0. The fraction of sp³-hybridized carbons (Fsp3) is 0.595. The number of rotatable bonds is 12. The van der Waals surface area contributed by atoms with Gasteiger partial charge in [-0.1, -0.05) is 59.7 Å². The molecule has 1 aromatic carbocycles. The smallest absolute Gasteiger partial charge is 0.376 e. The number of esters is 1. The van der Waals surface area contributed by atoms with Gasteiger partial charge in [0.2, 0.25) is 5.85 Å². The molecule has 2 saturated carbocycles. The molecule has 0 saturated heterocycles. The number of hydrogen-bond donors (Lipinski definition) is 0. The second-order valence-corrected chi connectivity index (χ2v) is 15.9.